The third-order valence-electron chi connectivity index (χ3n) is 4.65. The molecule has 140 valence electrons. The number of benzene rings is 2. The number of pyridine rings is 1. The summed E-state index contributed by atoms with van der Waals surface area (Å²) in [4.78, 5) is 29.9. The second kappa shape index (κ2) is 8.64. The number of carbonyl (C=O) groups excluding carboxylic acids is 1. The molecule has 0 aliphatic rings. The minimum atomic E-state index is -0.193. The van der Waals surface area contributed by atoms with Crippen LogP contribution in [0, 0.1) is 0 Å². The van der Waals surface area contributed by atoms with Gasteiger partial charge in [-0.3, -0.25) is 9.59 Å². The van der Waals surface area contributed by atoms with Crippen LogP contribution in [0.1, 0.15) is 34.8 Å². The van der Waals surface area contributed by atoms with Crippen molar-refractivity contribution < 1.29 is 9.90 Å². The highest BCUT2D eigenvalue weighted by Gasteiger charge is 2.17. The van der Waals surface area contributed by atoms with Crippen LogP contribution in [0.15, 0.2) is 59.4 Å². The van der Waals surface area contributed by atoms with Crippen molar-refractivity contribution in [3.8, 4) is 0 Å². The molecule has 0 bridgehead atoms. The number of hydrogen-bond donors (Lipinski definition) is 2. The lowest BCUT2D eigenvalue weighted by molar-refractivity contribution is 0.0731. The monoisotopic (exact) mass is 364 g/mol. The number of nitrogens with one attached hydrogen (secondary N) is 1. The summed E-state index contributed by atoms with van der Waals surface area (Å²) >= 11 is 0. The van der Waals surface area contributed by atoms with Crippen molar-refractivity contribution in [1.82, 2.24) is 9.88 Å². The molecule has 0 unspecified atom stereocenters. The van der Waals surface area contributed by atoms with Gasteiger partial charge in [0.15, 0.2) is 0 Å². The maximum Gasteiger partial charge on any atom is 0.254 e. The van der Waals surface area contributed by atoms with E-state index in [0.29, 0.717) is 24.1 Å². The highest BCUT2D eigenvalue weighted by molar-refractivity contribution is 5.94. The van der Waals surface area contributed by atoms with Gasteiger partial charge < -0.3 is 15.0 Å². The lowest BCUT2D eigenvalue weighted by Gasteiger charge is -2.22. The molecule has 0 atom stereocenters. The van der Waals surface area contributed by atoms with Gasteiger partial charge in [-0.2, -0.15) is 0 Å². The summed E-state index contributed by atoms with van der Waals surface area (Å²) in [5.74, 6) is -0.147. The Morgan fingerprint density at radius 1 is 1.11 bits per heavy atom. The Hall–Kier alpha value is -2.92. The van der Waals surface area contributed by atoms with Crippen molar-refractivity contribution >= 4 is 16.8 Å². The molecule has 0 saturated carbocycles. The Balaban J connectivity index is 1.93. The fourth-order valence-corrected chi connectivity index (χ4v) is 3.12. The molecule has 5 heteroatoms. The van der Waals surface area contributed by atoms with E-state index in [0.717, 1.165) is 17.3 Å². The zero-order valence-corrected chi connectivity index (χ0v) is 15.4. The van der Waals surface area contributed by atoms with Crippen LogP contribution in [-0.4, -0.2) is 34.0 Å². The van der Waals surface area contributed by atoms with E-state index in [2.05, 4.69) is 18.0 Å². The van der Waals surface area contributed by atoms with Crippen LogP contribution in [0.5, 0.6) is 0 Å². The second-order valence-electron chi connectivity index (χ2n) is 6.57. The number of aromatic amines is 1. The minimum Gasteiger partial charge on any atom is -0.396 e. The lowest BCUT2D eigenvalue weighted by Crippen LogP contribution is -2.34. The van der Waals surface area contributed by atoms with Crippen molar-refractivity contribution in [1.29, 1.82) is 0 Å². The van der Waals surface area contributed by atoms with Gasteiger partial charge in [0.25, 0.3) is 11.5 Å². The maximum absolute atomic E-state index is 12.9. The molecule has 3 aromatic rings. The number of carbonyl (C=O) groups is 1. The summed E-state index contributed by atoms with van der Waals surface area (Å²) in [5.41, 5.74) is 2.90. The zero-order valence-electron chi connectivity index (χ0n) is 15.4. The van der Waals surface area contributed by atoms with Crippen LogP contribution in [-0.2, 0) is 13.0 Å². The molecular formula is C22H24N2O3. The van der Waals surface area contributed by atoms with Gasteiger partial charge in [0.05, 0.1) is 6.54 Å². The van der Waals surface area contributed by atoms with Gasteiger partial charge in [0.1, 0.15) is 0 Å². The van der Waals surface area contributed by atoms with Gasteiger partial charge in [-0.25, -0.2) is 0 Å². The van der Waals surface area contributed by atoms with E-state index in [1.54, 1.807) is 17.0 Å². The van der Waals surface area contributed by atoms with Crippen LogP contribution in [0.2, 0.25) is 0 Å². The number of rotatable bonds is 7. The Morgan fingerprint density at radius 2 is 1.89 bits per heavy atom. The quantitative estimate of drug-likeness (QED) is 0.676. The molecule has 0 spiro atoms. The highest BCUT2D eigenvalue weighted by Crippen LogP contribution is 2.16. The first kappa shape index (κ1) is 18.9. The average Bonchev–Trinajstić information content (AvgIpc) is 2.71. The van der Waals surface area contributed by atoms with Crippen LogP contribution < -0.4 is 5.56 Å². The average molecular weight is 364 g/mol. The number of nitrogens with zero attached hydrogens (tertiary/aromatic N) is 1. The zero-order chi connectivity index (χ0) is 19.2. The van der Waals surface area contributed by atoms with Crippen LogP contribution >= 0.6 is 0 Å². The third kappa shape index (κ3) is 4.44. The molecule has 2 N–H and O–H groups in total. The number of aromatic nitrogens is 1. The number of hydrogen-bond acceptors (Lipinski definition) is 3. The number of H-pyrrole nitrogens is 1. The molecule has 3 rings (SSSR count). The molecule has 0 aliphatic carbocycles. The smallest absolute Gasteiger partial charge is 0.254 e. The molecule has 1 heterocycles. The molecule has 0 fully saturated rings. The predicted octanol–water partition coefficient (Wildman–Crippen LogP) is 3.12. The molecule has 0 aliphatic heterocycles. The number of aliphatic hydroxyl groups excluding tert-OH is 1. The summed E-state index contributed by atoms with van der Waals surface area (Å²) in [6, 6.07) is 16.8. The van der Waals surface area contributed by atoms with E-state index in [1.165, 1.54) is 5.56 Å². The number of amides is 1. The van der Waals surface area contributed by atoms with E-state index in [9.17, 15) is 14.7 Å². The van der Waals surface area contributed by atoms with E-state index >= 15 is 0 Å². The van der Waals surface area contributed by atoms with Crippen LogP contribution in [0.3, 0.4) is 0 Å². The summed E-state index contributed by atoms with van der Waals surface area (Å²) in [7, 11) is 0. The molecular weight excluding hydrogens is 340 g/mol. The molecule has 0 radical (unpaired) electrons. The minimum absolute atomic E-state index is 0.00743. The van der Waals surface area contributed by atoms with Gasteiger partial charge in [-0.05, 0) is 54.1 Å². The highest BCUT2D eigenvalue weighted by atomic mass is 16.3. The van der Waals surface area contributed by atoms with E-state index < -0.39 is 0 Å². The normalized spacial score (nSPS) is 10.9. The molecule has 2 aromatic carbocycles. The Morgan fingerprint density at radius 3 is 2.59 bits per heavy atom. The molecule has 27 heavy (non-hydrogen) atoms. The fraction of sp³-hybridized carbons (Fsp3) is 0.273. The third-order valence-corrected chi connectivity index (χ3v) is 4.65. The van der Waals surface area contributed by atoms with Gasteiger partial charge in [-0.1, -0.05) is 31.2 Å². The summed E-state index contributed by atoms with van der Waals surface area (Å²) < 4.78 is 0. The van der Waals surface area contributed by atoms with Gasteiger partial charge in [-0.15, -0.1) is 0 Å². The standard InChI is InChI=1S/C22H24N2O3/c1-2-16-9-10-20-18(13-16)14-19(21(26)23-20)15-24(11-6-12-25)22(27)17-7-4-3-5-8-17/h3-5,7-10,13-14,25H,2,6,11-12,15H2,1H3,(H,23,26). The first-order valence-corrected chi connectivity index (χ1v) is 9.22. The topological polar surface area (TPSA) is 73.4 Å². The largest absolute Gasteiger partial charge is 0.396 e. The van der Waals surface area contributed by atoms with Crippen LogP contribution in [0.25, 0.3) is 10.9 Å². The van der Waals surface area contributed by atoms with Crippen molar-refractivity contribution in [2.45, 2.75) is 26.3 Å². The number of aryl methyl sites for hydroxylation is 1. The number of fused-ring (bicyclic) bond motifs is 1. The van der Waals surface area contributed by atoms with E-state index in [-0.39, 0.29) is 24.6 Å². The first-order valence-electron chi connectivity index (χ1n) is 9.22. The summed E-state index contributed by atoms with van der Waals surface area (Å²) in [6.45, 7) is 2.67. The van der Waals surface area contributed by atoms with Gasteiger partial charge in [0, 0.05) is 29.8 Å². The SMILES string of the molecule is CCc1ccc2[nH]c(=O)c(CN(CCCO)C(=O)c3ccccc3)cc2c1. The molecule has 1 amide bonds. The first-order chi connectivity index (χ1) is 13.1. The van der Waals surface area contributed by atoms with Crippen molar-refractivity contribution in [2.24, 2.45) is 0 Å². The predicted molar refractivity (Wildman–Crippen MR) is 107 cm³/mol. The van der Waals surface area contributed by atoms with Crippen molar-refractivity contribution in [3.05, 3.63) is 81.6 Å². The Bertz CT molecular complexity index is 980. The second-order valence-corrected chi connectivity index (χ2v) is 6.57. The van der Waals surface area contributed by atoms with E-state index in [4.69, 9.17) is 0 Å². The lowest BCUT2D eigenvalue weighted by atomic mass is 10.1. The molecule has 5 nitrogen and oxygen atoms in total. The maximum atomic E-state index is 12.9. The Kier molecular flexibility index (Phi) is 6.04. The van der Waals surface area contributed by atoms with Gasteiger partial charge in [0.2, 0.25) is 0 Å². The van der Waals surface area contributed by atoms with Crippen molar-refractivity contribution in [2.75, 3.05) is 13.2 Å². The van der Waals surface area contributed by atoms with Crippen LogP contribution in [0.4, 0.5) is 0 Å². The van der Waals surface area contributed by atoms with Gasteiger partial charge >= 0.3 is 0 Å². The van der Waals surface area contributed by atoms with E-state index in [1.807, 2.05) is 36.4 Å². The molecule has 1 aromatic heterocycles. The van der Waals surface area contributed by atoms with Crippen molar-refractivity contribution in [3.63, 3.8) is 0 Å². The number of aliphatic hydroxyl groups is 1. The fourth-order valence-electron chi connectivity index (χ4n) is 3.12. The summed E-state index contributed by atoms with van der Waals surface area (Å²) in [5, 5.41) is 10.1. The molecule has 0 saturated heterocycles. The Labute approximate surface area is 158 Å². The summed E-state index contributed by atoms with van der Waals surface area (Å²) in [6.07, 6.45) is 1.38.